The standard InChI is InChI=1S/C20H18ClF3N6O2S.Zn/c1-12-10-18(26-19(25-12)13-4-6-14(21)7-5-13)28-27-16-9-8-15(30(2)3)11-17(16)29-33(31,32)20(22,23)24;/h4-11,29H,1-3H3;/q;+2. The normalized spacial score (nSPS) is 11.9. The van der Waals surface area contributed by atoms with E-state index in [2.05, 4.69) is 20.2 Å². The molecule has 0 amide bonds. The van der Waals surface area contributed by atoms with Crippen molar-refractivity contribution in [2.75, 3.05) is 23.7 Å². The van der Waals surface area contributed by atoms with Crippen LogP contribution in [0.2, 0.25) is 5.02 Å². The van der Waals surface area contributed by atoms with E-state index in [-0.39, 0.29) is 36.7 Å². The number of nitrogens with one attached hydrogen (secondary N) is 1. The van der Waals surface area contributed by atoms with Crippen molar-refractivity contribution in [1.29, 1.82) is 0 Å². The van der Waals surface area contributed by atoms with Gasteiger partial charge in [-0.05, 0) is 49.4 Å². The third kappa shape index (κ3) is 6.71. The first-order valence-corrected chi connectivity index (χ1v) is 11.2. The number of aromatic nitrogens is 2. The number of nitrogens with zero attached hydrogens (tertiary/aromatic N) is 5. The number of azo groups is 1. The Labute approximate surface area is 212 Å². The fraction of sp³-hybridized carbons (Fsp3) is 0.200. The van der Waals surface area contributed by atoms with Crippen molar-refractivity contribution in [3.05, 3.63) is 59.2 Å². The Morgan fingerprint density at radius 1 is 1.00 bits per heavy atom. The summed E-state index contributed by atoms with van der Waals surface area (Å²) >= 11 is 5.90. The predicted octanol–water partition coefficient (Wildman–Crippen LogP) is 5.85. The number of anilines is 2. The molecule has 0 aliphatic heterocycles. The van der Waals surface area contributed by atoms with Gasteiger partial charge in [-0.15, -0.1) is 10.2 Å². The van der Waals surface area contributed by atoms with Gasteiger partial charge in [0.1, 0.15) is 5.69 Å². The third-order valence-corrected chi connectivity index (χ3v) is 5.60. The first-order chi connectivity index (χ1) is 15.4. The summed E-state index contributed by atoms with van der Waals surface area (Å²) < 4.78 is 63.5. The molecule has 0 spiro atoms. The molecule has 2 aromatic carbocycles. The Morgan fingerprint density at radius 3 is 2.24 bits per heavy atom. The Kier molecular flexibility index (Phi) is 8.73. The van der Waals surface area contributed by atoms with Gasteiger partial charge in [-0.2, -0.15) is 21.6 Å². The molecule has 1 aromatic heterocycles. The van der Waals surface area contributed by atoms with E-state index in [1.54, 1.807) is 56.3 Å². The van der Waals surface area contributed by atoms with Crippen LogP contribution in [-0.2, 0) is 29.5 Å². The second kappa shape index (κ2) is 10.8. The minimum Gasteiger partial charge on any atom is -0.378 e. The van der Waals surface area contributed by atoms with Gasteiger partial charge in [0.25, 0.3) is 0 Å². The molecule has 14 heteroatoms. The fourth-order valence-corrected chi connectivity index (χ4v) is 3.30. The first-order valence-electron chi connectivity index (χ1n) is 9.29. The molecular weight excluding hydrogens is 546 g/mol. The number of hydrogen-bond donors (Lipinski definition) is 1. The predicted molar refractivity (Wildman–Crippen MR) is 121 cm³/mol. The summed E-state index contributed by atoms with van der Waals surface area (Å²) in [5.74, 6) is 0.482. The molecule has 0 aliphatic carbocycles. The second-order valence-corrected chi connectivity index (χ2v) is 9.16. The van der Waals surface area contributed by atoms with Crippen molar-refractivity contribution in [3.8, 4) is 11.4 Å². The number of sulfonamides is 1. The number of halogens is 4. The molecule has 0 unspecified atom stereocenters. The average molecular weight is 564 g/mol. The number of rotatable bonds is 6. The largest absolute Gasteiger partial charge is 2.00 e. The molecule has 0 fully saturated rings. The molecule has 3 rings (SSSR count). The van der Waals surface area contributed by atoms with Crippen LogP contribution in [0.5, 0.6) is 0 Å². The van der Waals surface area contributed by atoms with E-state index in [9.17, 15) is 21.6 Å². The zero-order chi connectivity index (χ0) is 24.4. The molecule has 1 N–H and O–H groups in total. The Bertz CT molecular complexity index is 1300. The molecule has 1 heterocycles. The van der Waals surface area contributed by atoms with E-state index in [4.69, 9.17) is 11.6 Å². The van der Waals surface area contributed by atoms with Crippen LogP contribution in [0.25, 0.3) is 11.4 Å². The number of alkyl halides is 3. The summed E-state index contributed by atoms with van der Waals surface area (Å²) in [4.78, 5) is 10.2. The van der Waals surface area contributed by atoms with Crippen molar-refractivity contribution in [2.45, 2.75) is 12.4 Å². The van der Waals surface area contributed by atoms with Gasteiger partial charge < -0.3 is 4.90 Å². The molecule has 0 aliphatic rings. The molecule has 0 atom stereocenters. The summed E-state index contributed by atoms with van der Waals surface area (Å²) in [6.45, 7) is 1.72. The van der Waals surface area contributed by atoms with Crippen molar-refractivity contribution in [3.63, 3.8) is 0 Å². The minimum atomic E-state index is -5.66. The van der Waals surface area contributed by atoms with Gasteiger partial charge >= 0.3 is 35.0 Å². The monoisotopic (exact) mass is 562 g/mol. The second-order valence-electron chi connectivity index (χ2n) is 7.05. The first kappa shape index (κ1) is 27.6. The minimum absolute atomic E-state index is 0. The van der Waals surface area contributed by atoms with Crippen LogP contribution in [0.1, 0.15) is 5.69 Å². The number of hydrogen-bond acceptors (Lipinski definition) is 7. The molecule has 3 aromatic rings. The van der Waals surface area contributed by atoms with Crippen LogP contribution >= 0.6 is 11.6 Å². The molecule has 174 valence electrons. The Hall–Kier alpha value is -2.63. The molecule has 34 heavy (non-hydrogen) atoms. The zero-order valence-electron chi connectivity index (χ0n) is 18.3. The smallest absolute Gasteiger partial charge is 0.378 e. The van der Waals surface area contributed by atoms with Crippen molar-refractivity contribution < 1.29 is 41.1 Å². The van der Waals surface area contributed by atoms with Crippen LogP contribution in [0.3, 0.4) is 0 Å². The maximum atomic E-state index is 12.9. The van der Waals surface area contributed by atoms with Gasteiger partial charge in [-0.3, -0.25) is 4.72 Å². The SMILES string of the molecule is Cc1cc(N=Nc2ccc(N(C)C)cc2NS(=O)(=O)C(F)(F)F)nc(-c2ccc(Cl)cc2)n1.[Zn+2]. The number of benzene rings is 2. The van der Waals surface area contributed by atoms with Crippen LogP contribution in [0.4, 0.5) is 36.1 Å². The maximum absolute atomic E-state index is 12.9. The molecule has 8 nitrogen and oxygen atoms in total. The van der Waals surface area contributed by atoms with E-state index in [1.807, 2.05) is 0 Å². The van der Waals surface area contributed by atoms with E-state index < -0.39 is 15.5 Å². The summed E-state index contributed by atoms with van der Waals surface area (Å²) in [6.07, 6.45) is 0. The van der Waals surface area contributed by atoms with E-state index >= 15 is 0 Å². The van der Waals surface area contributed by atoms with Gasteiger partial charge in [0, 0.05) is 42.1 Å². The van der Waals surface area contributed by atoms with E-state index in [1.165, 1.54) is 22.9 Å². The summed E-state index contributed by atoms with van der Waals surface area (Å²) in [7, 11) is -2.35. The van der Waals surface area contributed by atoms with Gasteiger partial charge in [0.05, 0.1) is 5.69 Å². The number of aryl methyl sites for hydroxylation is 1. The van der Waals surface area contributed by atoms with E-state index in [0.717, 1.165) is 0 Å². The van der Waals surface area contributed by atoms with Gasteiger partial charge in [-0.1, -0.05) is 11.6 Å². The summed E-state index contributed by atoms with van der Waals surface area (Å²) in [5.41, 5.74) is -4.30. The molecule has 0 saturated carbocycles. The zero-order valence-corrected chi connectivity index (χ0v) is 22.8. The topological polar surface area (TPSA) is 99.9 Å². The summed E-state index contributed by atoms with van der Waals surface area (Å²) in [5, 5.41) is 8.46. The molecule has 0 saturated heterocycles. The van der Waals surface area contributed by atoms with Crippen molar-refractivity contribution >= 4 is 44.5 Å². The molecule has 0 bridgehead atoms. The summed E-state index contributed by atoms with van der Waals surface area (Å²) in [6, 6.07) is 12.5. The van der Waals surface area contributed by atoms with Gasteiger partial charge in [0.15, 0.2) is 11.6 Å². The van der Waals surface area contributed by atoms with Gasteiger partial charge in [-0.25, -0.2) is 9.97 Å². The quantitative estimate of drug-likeness (QED) is 0.299. The van der Waals surface area contributed by atoms with Crippen molar-refractivity contribution in [1.82, 2.24) is 9.97 Å². The average Bonchev–Trinajstić information content (AvgIpc) is 2.71. The Morgan fingerprint density at radius 2 is 1.65 bits per heavy atom. The fourth-order valence-electron chi connectivity index (χ4n) is 2.61. The maximum Gasteiger partial charge on any atom is 2.00 e. The van der Waals surface area contributed by atoms with E-state index in [0.29, 0.717) is 27.8 Å². The third-order valence-electron chi connectivity index (χ3n) is 4.25. The van der Waals surface area contributed by atoms with Crippen LogP contribution in [0.15, 0.2) is 58.8 Å². The van der Waals surface area contributed by atoms with Crippen molar-refractivity contribution in [2.24, 2.45) is 10.2 Å². The molecule has 0 radical (unpaired) electrons. The van der Waals surface area contributed by atoms with Crippen LogP contribution in [0, 0.1) is 6.92 Å². The van der Waals surface area contributed by atoms with Crippen LogP contribution in [-0.4, -0.2) is 38.0 Å². The van der Waals surface area contributed by atoms with Crippen LogP contribution < -0.4 is 9.62 Å². The molecular formula is C20H18ClF3N6O2SZn+2. The van der Waals surface area contributed by atoms with Gasteiger partial charge in [0.2, 0.25) is 0 Å². The Balaban J connectivity index is 0.00000408.